The molecule has 0 aromatic carbocycles. The molecular weight excluding hydrogens is 419 g/mol. The third kappa shape index (κ3) is 6.42. The zero-order valence-corrected chi connectivity index (χ0v) is 17.8. The van der Waals surface area contributed by atoms with Gasteiger partial charge in [-0.15, -0.1) is 36.6 Å². The van der Waals surface area contributed by atoms with Crippen molar-refractivity contribution in [2.45, 2.75) is 31.3 Å². The normalized spacial score (nSPS) is 23.1. The fourth-order valence-electron chi connectivity index (χ4n) is 3.39. The van der Waals surface area contributed by atoms with E-state index >= 15 is 0 Å². The van der Waals surface area contributed by atoms with Crippen LogP contribution in [0.2, 0.25) is 0 Å². The summed E-state index contributed by atoms with van der Waals surface area (Å²) in [6.45, 7) is 1.14. The van der Waals surface area contributed by atoms with Crippen LogP contribution in [0.4, 0.5) is 5.82 Å². The largest absolute Gasteiger partial charge is 0.370 e. The number of hydrogen-bond donors (Lipinski definition) is 2. The minimum Gasteiger partial charge on any atom is -0.370 e. The highest BCUT2D eigenvalue weighted by molar-refractivity contribution is 7.99. The molecule has 1 aromatic heterocycles. The van der Waals surface area contributed by atoms with Crippen molar-refractivity contribution in [1.82, 2.24) is 15.2 Å². The van der Waals surface area contributed by atoms with Crippen LogP contribution in [0.1, 0.15) is 24.8 Å². The molecule has 1 aliphatic carbocycles. The Kier molecular flexibility index (Phi) is 10.4. The van der Waals surface area contributed by atoms with Crippen LogP contribution in [0.15, 0.2) is 18.3 Å². The van der Waals surface area contributed by atoms with Gasteiger partial charge in [0.25, 0.3) is 0 Å². The van der Waals surface area contributed by atoms with Crippen LogP contribution < -0.4 is 10.6 Å². The SMILES string of the molecule is Cl.Cl.N#Cc1ccc(NCC2CCC(NCC(=O)N3CSC[C@H]3C#N)C2)nc1. The standard InChI is InChI=1S/C18H22N6OS.2ClH/c19-6-14-2-4-17(23-9-14)22-8-13-1-3-15(5-13)21-10-18(25)24-12-26-11-16(24)7-20;;/h2,4,9,13,15-16,21H,1,3,5,8,10-12H2,(H,22,23);2*1H/t13?,15?,16-;;/m1../s1. The van der Waals surface area contributed by atoms with Crippen LogP contribution in [0, 0.1) is 28.6 Å². The fraction of sp³-hybridized carbons (Fsp3) is 0.556. The number of thioether (sulfide) groups is 1. The van der Waals surface area contributed by atoms with Crippen molar-refractivity contribution in [3.63, 3.8) is 0 Å². The van der Waals surface area contributed by atoms with E-state index in [1.807, 2.05) is 6.07 Å². The predicted molar refractivity (Wildman–Crippen MR) is 115 cm³/mol. The first kappa shape index (κ1) is 24.3. The van der Waals surface area contributed by atoms with E-state index in [1.54, 1.807) is 28.9 Å². The Labute approximate surface area is 182 Å². The summed E-state index contributed by atoms with van der Waals surface area (Å²) < 4.78 is 0. The van der Waals surface area contributed by atoms with E-state index < -0.39 is 0 Å². The van der Waals surface area contributed by atoms with Crippen LogP contribution in [0.25, 0.3) is 0 Å². The van der Waals surface area contributed by atoms with E-state index in [4.69, 9.17) is 10.5 Å². The number of nitrogens with zero attached hydrogens (tertiary/aromatic N) is 4. The quantitative estimate of drug-likeness (QED) is 0.696. The Balaban J connectivity index is 0.00000196. The molecule has 2 heterocycles. The van der Waals surface area contributed by atoms with Gasteiger partial charge in [-0.25, -0.2) is 4.98 Å². The van der Waals surface area contributed by atoms with E-state index in [1.165, 1.54) is 0 Å². The summed E-state index contributed by atoms with van der Waals surface area (Å²) in [7, 11) is 0. The molecule has 2 aliphatic rings. The molecule has 2 fully saturated rings. The summed E-state index contributed by atoms with van der Waals surface area (Å²) >= 11 is 1.63. The summed E-state index contributed by atoms with van der Waals surface area (Å²) in [5.74, 6) is 2.67. The van der Waals surface area contributed by atoms with E-state index in [0.29, 0.717) is 35.7 Å². The van der Waals surface area contributed by atoms with E-state index in [-0.39, 0.29) is 36.8 Å². The molecule has 3 rings (SSSR count). The smallest absolute Gasteiger partial charge is 0.238 e. The van der Waals surface area contributed by atoms with Crippen molar-refractivity contribution >= 4 is 48.3 Å². The first-order valence-electron chi connectivity index (χ1n) is 8.80. The van der Waals surface area contributed by atoms with Gasteiger partial charge in [-0.1, -0.05) is 0 Å². The lowest BCUT2D eigenvalue weighted by Gasteiger charge is -2.20. The fourth-order valence-corrected chi connectivity index (χ4v) is 4.49. The monoisotopic (exact) mass is 442 g/mol. The number of hydrogen-bond acceptors (Lipinski definition) is 7. The molecule has 2 unspecified atom stereocenters. The highest BCUT2D eigenvalue weighted by Gasteiger charge is 2.30. The van der Waals surface area contributed by atoms with E-state index in [0.717, 1.165) is 31.6 Å². The average molecular weight is 443 g/mol. The molecule has 28 heavy (non-hydrogen) atoms. The van der Waals surface area contributed by atoms with Crippen molar-refractivity contribution in [2.75, 3.05) is 30.0 Å². The van der Waals surface area contributed by atoms with Gasteiger partial charge in [0.15, 0.2) is 0 Å². The van der Waals surface area contributed by atoms with Gasteiger partial charge in [-0.05, 0) is 37.3 Å². The zero-order valence-electron chi connectivity index (χ0n) is 15.3. The highest BCUT2D eigenvalue weighted by Crippen LogP contribution is 2.26. The second-order valence-corrected chi connectivity index (χ2v) is 7.69. The third-order valence-corrected chi connectivity index (χ3v) is 5.91. The number of anilines is 1. The third-order valence-electron chi connectivity index (χ3n) is 4.90. The lowest BCUT2D eigenvalue weighted by atomic mass is 10.1. The molecule has 10 heteroatoms. The van der Waals surface area contributed by atoms with Crippen molar-refractivity contribution in [1.29, 1.82) is 10.5 Å². The maximum atomic E-state index is 12.3. The molecule has 1 aromatic rings. The molecular formula is C18H24Cl2N6OS. The van der Waals surface area contributed by atoms with Gasteiger partial charge >= 0.3 is 0 Å². The van der Waals surface area contributed by atoms with E-state index in [2.05, 4.69) is 27.8 Å². The first-order valence-corrected chi connectivity index (χ1v) is 9.95. The average Bonchev–Trinajstić information content (AvgIpc) is 3.34. The number of carbonyl (C=O) groups excluding carboxylic acids is 1. The molecule has 2 N–H and O–H groups in total. The Morgan fingerprint density at radius 1 is 1.32 bits per heavy atom. The van der Waals surface area contributed by atoms with Gasteiger partial charge in [0.2, 0.25) is 5.91 Å². The lowest BCUT2D eigenvalue weighted by Crippen LogP contribution is -2.43. The molecule has 3 atom stereocenters. The number of aromatic nitrogens is 1. The number of pyridine rings is 1. The zero-order chi connectivity index (χ0) is 18.4. The minimum atomic E-state index is -0.283. The molecule has 1 amide bonds. The molecule has 0 spiro atoms. The van der Waals surface area contributed by atoms with E-state index in [9.17, 15) is 4.79 Å². The Hall–Kier alpha value is -1.71. The van der Waals surface area contributed by atoms with Gasteiger partial charge in [0.1, 0.15) is 17.9 Å². The van der Waals surface area contributed by atoms with Crippen LogP contribution in [-0.4, -0.2) is 52.6 Å². The number of carbonyl (C=O) groups is 1. The Bertz CT molecular complexity index is 720. The number of rotatable bonds is 6. The Morgan fingerprint density at radius 3 is 2.82 bits per heavy atom. The predicted octanol–water partition coefficient (Wildman–Crippen LogP) is 2.39. The molecule has 1 saturated carbocycles. The van der Waals surface area contributed by atoms with Crippen molar-refractivity contribution in [3.05, 3.63) is 23.9 Å². The second kappa shape index (κ2) is 12.0. The van der Waals surface area contributed by atoms with Gasteiger partial charge < -0.3 is 15.5 Å². The summed E-state index contributed by atoms with van der Waals surface area (Å²) in [6.07, 6.45) is 4.75. The molecule has 1 aliphatic heterocycles. The van der Waals surface area contributed by atoms with Crippen molar-refractivity contribution in [3.8, 4) is 12.1 Å². The number of nitrogens with one attached hydrogen (secondary N) is 2. The topological polar surface area (TPSA) is 105 Å². The van der Waals surface area contributed by atoms with Gasteiger partial charge in [0.05, 0.1) is 24.1 Å². The minimum absolute atomic E-state index is 0. The summed E-state index contributed by atoms with van der Waals surface area (Å²) in [4.78, 5) is 18.2. The van der Waals surface area contributed by atoms with Crippen molar-refractivity contribution in [2.24, 2.45) is 5.92 Å². The number of halogens is 2. The van der Waals surface area contributed by atoms with Crippen molar-refractivity contribution < 1.29 is 4.79 Å². The molecule has 0 radical (unpaired) electrons. The summed E-state index contributed by atoms with van der Waals surface area (Å²) in [5.41, 5.74) is 0.556. The van der Waals surface area contributed by atoms with Gasteiger partial charge in [-0.2, -0.15) is 10.5 Å². The summed E-state index contributed by atoms with van der Waals surface area (Å²) in [5, 5.41) is 24.5. The molecule has 152 valence electrons. The molecule has 0 bridgehead atoms. The molecule has 1 saturated heterocycles. The highest BCUT2D eigenvalue weighted by atomic mass is 35.5. The number of amides is 1. The van der Waals surface area contributed by atoms with Crippen LogP contribution in [-0.2, 0) is 4.79 Å². The van der Waals surface area contributed by atoms with Crippen LogP contribution in [0.5, 0.6) is 0 Å². The first-order chi connectivity index (χ1) is 12.7. The maximum absolute atomic E-state index is 12.3. The molecule has 7 nitrogen and oxygen atoms in total. The maximum Gasteiger partial charge on any atom is 0.238 e. The van der Waals surface area contributed by atoms with Gasteiger partial charge in [0, 0.05) is 24.5 Å². The lowest BCUT2D eigenvalue weighted by molar-refractivity contribution is -0.129. The van der Waals surface area contributed by atoms with Crippen LogP contribution >= 0.6 is 36.6 Å². The Morgan fingerprint density at radius 2 is 2.14 bits per heavy atom. The van der Waals surface area contributed by atoms with Crippen LogP contribution in [0.3, 0.4) is 0 Å². The van der Waals surface area contributed by atoms with Gasteiger partial charge in [-0.3, -0.25) is 4.79 Å². The number of nitriles is 2. The summed E-state index contributed by atoms with van der Waals surface area (Å²) in [6, 6.07) is 7.89. The second-order valence-electron chi connectivity index (χ2n) is 6.69.